The molecule has 0 fully saturated rings. The average Bonchev–Trinajstić information content (AvgIpc) is 2.86. The molecule has 1 N–H and O–H groups in total. The zero-order chi connectivity index (χ0) is 25.6. The first-order chi connectivity index (χ1) is 16.6. The van der Waals surface area contributed by atoms with E-state index in [4.69, 9.17) is 4.84 Å². The monoisotopic (exact) mass is 495 g/mol. The van der Waals surface area contributed by atoms with E-state index in [0.29, 0.717) is 17.8 Å². The van der Waals surface area contributed by atoms with E-state index in [1.807, 2.05) is 55.5 Å². The zero-order valence-electron chi connectivity index (χ0n) is 20.1. The van der Waals surface area contributed by atoms with Gasteiger partial charge in [0.1, 0.15) is 0 Å². The second-order valence-electron chi connectivity index (χ2n) is 8.02. The number of nitrogens with zero attached hydrogens (tertiary/aromatic N) is 2. The Hall–Kier alpha value is -3.53. The highest BCUT2D eigenvalue weighted by Gasteiger charge is 2.25. The second-order valence-corrected chi connectivity index (χ2v) is 9.96. The van der Waals surface area contributed by atoms with E-state index in [0.717, 1.165) is 15.6 Å². The van der Waals surface area contributed by atoms with E-state index < -0.39 is 10.0 Å². The van der Waals surface area contributed by atoms with Crippen LogP contribution in [0.15, 0.2) is 83.8 Å². The van der Waals surface area contributed by atoms with Crippen molar-refractivity contribution in [3.05, 3.63) is 95.6 Å². The molecule has 0 radical (unpaired) electrons. The molecule has 9 heteroatoms. The van der Waals surface area contributed by atoms with Crippen molar-refractivity contribution in [3.8, 4) is 0 Å². The molecule has 184 valence electrons. The van der Waals surface area contributed by atoms with E-state index >= 15 is 0 Å². The summed E-state index contributed by atoms with van der Waals surface area (Å²) in [5, 5.41) is 2.77. The molecular formula is C26H29N3O5S. The lowest BCUT2D eigenvalue weighted by Crippen LogP contribution is -2.33. The molecule has 0 spiro atoms. The number of rotatable bonds is 9. The minimum absolute atomic E-state index is 0.0177. The third kappa shape index (κ3) is 6.33. The van der Waals surface area contributed by atoms with Gasteiger partial charge < -0.3 is 10.2 Å². The van der Waals surface area contributed by atoms with Crippen LogP contribution in [0.25, 0.3) is 0 Å². The Morgan fingerprint density at radius 3 is 2.23 bits per heavy atom. The highest BCUT2D eigenvalue weighted by atomic mass is 32.2. The molecule has 0 aliphatic rings. The number of amides is 2. The molecule has 3 aromatic rings. The van der Waals surface area contributed by atoms with Gasteiger partial charge in [-0.2, -0.15) is 0 Å². The third-order valence-corrected chi connectivity index (χ3v) is 7.30. The molecule has 3 rings (SSSR count). The Bertz CT molecular complexity index is 1280. The third-order valence-electron chi connectivity index (χ3n) is 5.61. The van der Waals surface area contributed by atoms with E-state index in [1.165, 1.54) is 45.3 Å². The second kappa shape index (κ2) is 11.3. The van der Waals surface area contributed by atoms with Crippen LogP contribution in [0.4, 0.5) is 5.69 Å². The van der Waals surface area contributed by atoms with Gasteiger partial charge >= 0.3 is 0 Å². The molecule has 2 amide bonds. The Balaban J connectivity index is 1.95. The van der Waals surface area contributed by atoms with Gasteiger partial charge in [-0.05, 0) is 54.4 Å². The number of hydrogen-bond donors (Lipinski definition) is 1. The van der Waals surface area contributed by atoms with Gasteiger partial charge in [-0.1, -0.05) is 46.9 Å². The maximum Gasteiger partial charge on any atom is 0.264 e. The van der Waals surface area contributed by atoms with E-state index in [1.54, 1.807) is 11.0 Å². The van der Waals surface area contributed by atoms with E-state index in [2.05, 4.69) is 5.32 Å². The summed E-state index contributed by atoms with van der Waals surface area (Å²) in [6, 6.07) is 22.4. The molecule has 0 saturated heterocycles. The number of carbonyl (C=O) groups excluding carboxylic acids is 2. The minimum Gasteiger partial charge on any atom is -0.328 e. The number of sulfonamides is 1. The van der Waals surface area contributed by atoms with Crippen LogP contribution in [0, 0.1) is 0 Å². The van der Waals surface area contributed by atoms with Gasteiger partial charge in [0.15, 0.2) is 0 Å². The largest absolute Gasteiger partial charge is 0.328 e. The van der Waals surface area contributed by atoms with Crippen LogP contribution in [-0.4, -0.2) is 43.8 Å². The van der Waals surface area contributed by atoms with Gasteiger partial charge in [0.2, 0.25) is 5.91 Å². The van der Waals surface area contributed by atoms with Crippen LogP contribution >= 0.6 is 0 Å². The average molecular weight is 496 g/mol. The van der Waals surface area contributed by atoms with Crippen molar-refractivity contribution in [1.29, 1.82) is 0 Å². The fourth-order valence-corrected chi connectivity index (χ4v) is 4.58. The van der Waals surface area contributed by atoms with Crippen molar-refractivity contribution < 1.29 is 22.8 Å². The molecule has 0 bridgehead atoms. The van der Waals surface area contributed by atoms with Crippen LogP contribution in [0.1, 0.15) is 41.4 Å². The van der Waals surface area contributed by atoms with Crippen LogP contribution < -0.4 is 5.32 Å². The van der Waals surface area contributed by atoms with Crippen molar-refractivity contribution in [2.75, 3.05) is 19.5 Å². The van der Waals surface area contributed by atoms with E-state index in [-0.39, 0.29) is 22.8 Å². The van der Waals surface area contributed by atoms with Gasteiger partial charge in [0, 0.05) is 31.8 Å². The predicted molar refractivity (Wildman–Crippen MR) is 134 cm³/mol. The van der Waals surface area contributed by atoms with Crippen LogP contribution in [0.3, 0.4) is 0 Å². The molecule has 1 unspecified atom stereocenters. The number of benzene rings is 3. The summed E-state index contributed by atoms with van der Waals surface area (Å²) in [5.41, 5.74) is 2.80. The van der Waals surface area contributed by atoms with Crippen molar-refractivity contribution >= 4 is 27.5 Å². The minimum atomic E-state index is -3.82. The van der Waals surface area contributed by atoms with Gasteiger partial charge in [0.05, 0.1) is 18.0 Å². The Morgan fingerprint density at radius 2 is 1.63 bits per heavy atom. The highest BCUT2D eigenvalue weighted by molar-refractivity contribution is 7.89. The Kier molecular flexibility index (Phi) is 8.39. The molecule has 0 aliphatic carbocycles. The van der Waals surface area contributed by atoms with Crippen molar-refractivity contribution in [1.82, 2.24) is 9.37 Å². The van der Waals surface area contributed by atoms with Crippen molar-refractivity contribution in [3.63, 3.8) is 0 Å². The highest BCUT2D eigenvalue weighted by Crippen LogP contribution is 2.27. The van der Waals surface area contributed by atoms with Crippen LogP contribution in [0.2, 0.25) is 0 Å². The first kappa shape index (κ1) is 26.1. The standard InChI is InChI=1S/C26H29N3O5S/c1-19(23-11-8-12-24(17-23)27-20(2)30)29(18-21-9-6-5-7-10-21)26(31)22-13-15-25(16-14-22)35(32,33)28(3)34-4/h5-17,19H,18H2,1-4H3,(H,27,30). The lowest BCUT2D eigenvalue weighted by Gasteiger charge is -2.30. The molecule has 8 nitrogen and oxygen atoms in total. The fourth-order valence-electron chi connectivity index (χ4n) is 3.61. The fraction of sp³-hybridized carbons (Fsp3) is 0.231. The van der Waals surface area contributed by atoms with Gasteiger partial charge in [0.25, 0.3) is 15.9 Å². The molecule has 0 heterocycles. The summed E-state index contributed by atoms with van der Waals surface area (Å²) < 4.78 is 25.8. The summed E-state index contributed by atoms with van der Waals surface area (Å²) >= 11 is 0. The van der Waals surface area contributed by atoms with Crippen molar-refractivity contribution in [2.24, 2.45) is 0 Å². The quantitative estimate of drug-likeness (QED) is 0.448. The number of nitrogens with one attached hydrogen (secondary N) is 1. The van der Waals surface area contributed by atoms with E-state index in [9.17, 15) is 18.0 Å². The molecule has 0 saturated carbocycles. The molecule has 0 aromatic heterocycles. The molecule has 3 aromatic carbocycles. The molecule has 0 aliphatic heterocycles. The molecule has 1 atom stereocenters. The van der Waals surface area contributed by atoms with Crippen molar-refractivity contribution in [2.45, 2.75) is 31.3 Å². The summed E-state index contributed by atoms with van der Waals surface area (Å²) in [6.07, 6.45) is 0. The first-order valence-corrected chi connectivity index (χ1v) is 12.4. The summed E-state index contributed by atoms with van der Waals surface area (Å²) in [4.78, 5) is 31.7. The molecule has 35 heavy (non-hydrogen) atoms. The SMILES string of the molecule is CON(C)S(=O)(=O)c1ccc(C(=O)N(Cc2ccccc2)C(C)c2cccc(NC(C)=O)c2)cc1. The maximum absolute atomic E-state index is 13.6. The summed E-state index contributed by atoms with van der Waals surface area (Å²) in [6.45, 7) is 3.70. The van der Waals surface area contributed by atoms with Gasteiger partial charge in [-0.15, -0.1) is 0 Å². The smallest absolute Gasteiger partial charge is 0.264 e. The summed E-state index contributed by atoms with van der Waals surface area (Å²) in [7, 11) is -1.26. The normalized spacial score (nSPS) is 12.3. The van der Waals surface area contributed by atoms with Gasteiger partial charge in [-0.3, -0.25) is 14.4 Å². The zero-order valence-corrected chi connectivity index (χ0v) is 21.0. The maximum atomic E-state index is 13.6. The molecular weight excluding hydrogens is 466 g/mol. The summed E-state index contributed by atoms with van der Waals surface area (Å²) in [5.74, 6) is -0.434. The number of hydroxylamine groups is 1. The Morgan fingerprint density at radius 1 is 0.971 bits per heavy atom. The van der Waals surface area contributed by atoms with Crippen LogP contribution in [0.5, 0.6) is 0 Å². The van der Waals surface area contributed by atoms with Crippen LogP contribution in [-0.2, 0) is 26.2 Å². The Labute approximate surface area is 206 Å². The number of anilines is 1. The predicted octanol–water partition coefficient (Wildman–Crippen LogP) is 4.23. The lowest BCUT2D eigenvalue weighted by atomic mass is 10.0. The topological polar surface area (TPSA) is 96.0 Å². The van der Waals surface area contributed by atoms with Gasteiger partial charge in [-0.25, -0.2) is 8.42 Å². The first-order valence-electron chi connectivity index (χ1n) is 11.0. The lowest BCUT2D eigenvalue weighted by molar-refractivity contribution is -0.114. The number of carbonyl (C=O) groups is 2. The number of hydrogen-bond acceptors (Lipinski definition) is 5.